The molecule has 0 atom stereocenters. The Morgan fingerprint density at radius 2 is 1.00 bits per heavy atom. The molecule has 0 saturated heterocycles. The summed E-state index contributed by atoms with van der Waals surface area (Å²) in [7, 11) is 0. The normalized spacial score (nSPS) is 45.1. The lowest BCUT2D eigenvalue weighted by Crippen LogP contribution is -2.35. The van der Waals surface area contributed by atoms with Gasteiger partial charge in [-0.2, -0.15) is 0 Å². The van der Waals surface area contributed by atoms with Gasteiger partial charge in [0.15, 0.2) is 0 Å². The summed E-state index contributed by atoms with van der Waals surface area (Å²) in [4.78, 5) is 0. The Bertz CT molecular complexity index is 302. The van der Waals surface area contributed by atoms with E-state index >= 15 is 0 Å². The standard InChI is InChI=1S/C16H26O2/c1-13-3-7-15(17,8-4-13)11-12-16(18)9-5-14(2)6-10-16/h13-14,17-18H,3-10H2,1-2H3. The van der Waals surface area contributed by atoms with Crippen LogP contribution in [0.15, 0.2) is 0 Å². The zero-order chi connectivity index (χ0) is 13.2. The molecule has 0 aromatic heterocycles. The Labute approximate surface area is 111 Å². The highest BCUT2D eigenvalue weighted by Crippen LogP contribution is 2.34. The molecule has 2 aliphatic carbocycles. The van der Waals surface area contributed by atoms with Crippen LogP contribution in [0.25, 0.3) is 0 Å². The smallest absolute Gasteiger partial charge is 0.125 e. The third kappa shape index (κ3) is 3.49. The van der Waals surface area contributed by atoms with E-state index in [1.807, 2.05) is 0 Å². The van der Waals surface area contributed by atoms with Gasteiger partial charge in [0.05, 0.1) is 0 Å². The predicted octanol–water partition coefficient (Wildman–Crippen LogP) is 2.87. The minimum Gasteiger partial charge on any atom is -0.378 e. The maximum absolute atomic E-state index is 10.4. The summed E-state index contributed by atoms with van der Waals surface area (Å²) in [5.41, 5.74) is -1.68. The van der Waals surface area contributed by atoms with Crippen LogP contribution in [0.3, 0.4) is 0 Å². The second kappa shape index (κ2) is 5.23. The van der Waals surface area contributed by atoms with Crippen LogP contribution in [0.5, 0.6) is 0 Å². The number of hydrogen-bond donors (Lipinski definition) is 2. The Morgan fingerprint density at radius 1 is 0.722 bits per heavy atom. The van der Waals surface area contributed by atoms with Gasteiger partial charge in [0.1, 0.15) is 11.2 Å². The quantitative estimate of drug-likeness (QED) is 0.649. The summed E-state index contributed by atoms with van der Waals surface area (Å²) in [5.74, 6) is 7.40. The van der Waals surface area contributed by atoms with Crippen molar-refractivity contribution in [3.05, 3.63) is 0 Å². The summed E-state index contributed by atoms with van der Waals surface area (Å²) < 4.78 is 0. The summed E-state index contributed by atoms with van der Waals surface area (Å²) in [5, 5.41) is 20.8. The molecule has 18 heavy (non-hydrogen) atoms. The van der Waals surface area contributed by atoms with Crippen LogP contribution in [-0.4, -0.2) is 21.4 Å². The highest BCUT2D eigenvalue weighted by Gasteiger charge is 2.33. The first-order chi connectivity index (χ1) is 8.41. The molecule has 102 valence electrons. The molecular formula is C16H26O2. The fourth-order valence-corrected chi connectivity index (χ4v) is 2.96. The first kappa shape index (κ1) is 13.9. The van der Waals surface area contributed by atoms with Gasteiger partial charge in [-0.05, 0) is 63.2 Å². The maximum Gasteiger partial charge on any atom is 0.125 e. The molecule has 0 heterocycles. The van der Waals surface area contributed by atoms with E-state index < -0.39 is 11.2 Å². The van der Waals surface area contributed by atoms with Crippen molar-refractivity contribution >= 4 is 0 Å². The molecule has 2 N–H and O–H groups in total. The minimum atomic E-state index is -0.842. The average Bonchev–Trinajstić information content (AvgIpc) is 2.36. The Kier molecular flexibility index (Phi) is 4.04. The van der Waals surface area contributed by atoms with Gasteiger partial charge in [-0.25, -0.2) is 0 Å². The van der Waals surface area contributed by atoms with E-state index in [0.29, 0.717) is 11.8 Å². The van der Waals surface area contributed by atoms with Crippen molar-refractivity contribution in [1.29, 1.82) is 0 Å². The van der Waals surface area contributed by atoms with Crippen molar-refractivity contribution in [3.63, 3.8) is 0 Å². The molecule has 0 spiro atoms. The lowest BCUT2D eigenvalue weighted by atomic mass is 9.77. The van der Waals surface area contributed by atoms with Gasteiger partial charge in [0.25, 0.3) is 0 Å². The fraction of sp³-hybridized carbons (Fsp3) is 0.875. The van der Waals surface area contributed by atoms with E-state index in [9.17, 15) is 10.2 Å². The van der Waals surface area contributed by atoms with E-state index in [0.717, 1.165) is 51.4 Å². The zero-order valence-corrected chi connectivity index (χ0v) is 11.7. The highest BCUT2D eigenvalue weighted by atomic mass is 16.3. The maximum atomic E-state index is 10.4. The van der Waals surface area contributed by atoms with E-state index in [1.54, 1.807) is 0 Å². The largest absolute Gasteiger partial charge is 0.378 e. The van der Waals surface area contributed by atoms with Crippen LogP contribution in [0.4, 0.5) is 0 Å². The molecule has 0 aliphatic heterocycles. The lowest BCUT2D eigenvalue weighted by molar-refractivity contribution is 0.0365. The van der Waals surface area contributed by atoms with Gasteiger partial charge >= 0.3 is 0 Å². The molecule has 2 heteroatoms. The minimum absolute atomic E-state index is 0.700. The molecule has 0 aromatic rings. The molecule has 0 amide bonds. The fourth-order valence-electron chi connectivity index (χ4n) is 2.96. The average molecular weight is 250 g/mol. The molecule has 0 radical (unpaired) electrons. The summed E-state index contributed by atoms with van der Waals surface area (Å²) in [6.45, 7) is 4.45. The molecular weight excluding hydrogens is 224 g/mol. The predicted molar refractivity (Wildman–Crippen MR) is 72.9 cm³/mol. The van der Waals surface area contributed by atoms with Crippen molar-refractivity contribution in [3.8, 4) is 11.8 Å². The van der Waals surface area contributed by atoms with Crippen molar-refractivity contribution in [1.82, 2.24) is 0 Å². The van der Waals surface area contributed by atoms with E-state index in [-0.39, 0.29) is 0 Å². The molecule has 2 rings (SSSR count). The molecule has 0 unspecified atom stereocenters. The zero-order valence-electron chi connectivity index (χ0n) is 11.7. The van der Waals surface area contributed by atoms with Crippen molar-refractivity contribution < 1.29 is 10.2 Å². The SMILES string of the molecule is CC1CCC(O)(C#CC2(O)CCC(C)CC2)CC1. The molecule has 2 fully saturated rings. The second-order valence-electron chi connectivity index (χ2n) is 6.68. The second-order valence-corrected chi connectivity index (χ2v) is 6.68. The van der Waals surface area contributed by atoms with Gasteiger partial charge in [0.2, 0.25) is 0 Å². The van der Waals surface area contributed by atoms with Crippen LogP contribution in [0.2, 0.25) is 0 Å². The Morgan fingerprint density at radius 3 is 1.28 bits per heavy atom. The van der Waals surface area contributed by atoms with Gasteiger partial charge in [-0.3, -0.25) is 0 Å². The van der Waals surface area contributed by atoms with Gasteiger partial charge in [-0.15, -0.1) is 0 Å². The summed E-state index contributed by atoms with van der Waals surface area (Å²) in [6.07, 6.45) is 7.20. The summed E-state index contributed by atoms with van der Waals surface area (Å²) >= 11 is 0. The van der Waals surface area contributed by atoms with Gasteiger partial charge in [0, 0.05) is 0 Å². The van der Waals surface area contributed by atoms with E-state index in [1.165, 1.54) is 0 Å². The topological polar surface area (TPSA) is 40.5 Å². The third-order valence-electron chi connectivity index (χ3n) is 4.73. The molecule has 2 saturated carbocycles. The number of rotatable bonds is 0. The summed E-state index contributed by atoms with van der Waals surface area (Å²) in [6, 6.07) is 0. The van der Waals surface area contributed by atoms with Crippen LogP contribution in [-0.2, 0) is 0 Å². The Hall–Kier alpha value is -0.520. The molecule has 2 nitrogen and oxygen atoms in total. The van der Waals surface area contributed by atoms with Crippen LogP contribution < -0.4 is 0 Å². The third-order valence-corrected chi connectivity index (χ3v) is 4.73. The van der Waals surface area contributed by atoms with E-state index in [2.05, 4.69) is 25.7 Å². The van der Waals surface area contributed by atoms with Gasteiger partial charge < -0.3 is 10.2 Å². The highest BCUT2D eigenvalue weighted by molar-refractivity contribution is 5.22. The number of hydrogen-bond acceptors (Lipinski definition) is 2. The monoisotopic (exact) mass is 250 g/mol. The van der Waals surface area contributed by atoms with Crippen LogP contribution in [0.1, 0.15) is 65.2 Å². The molecule has 0 aromatic carbocycles. The lowest BCUT2D eigenvalue weighted by Gasteiger charge is -2.33. The van der Waals surface area contributed by atoms with Crippen LogP contribution in [0, 0.1) is 23.7 Å². The number of aliphatic hydroxyl groups is 2. The van der Waals surface area contributed by atoms with Crippen molar-refractivity contribution in [2.45, 2.75) is 76.4 Å². The first-order valence-electron chi connectivity index (χ1n) is 7.40. The molecule has 0 bridgehead atoms. The molecule has 2 aliphatic rings. The first-order valence-corrected chi connectivity index (χ1v) is 7.40. The van der Waals surface area contributed by atoms with Crippen molar-refractivity contribution in [2.75, 3.05) is 0 Å². The van der Waals surface area contributed by atoms with Crippen molar-refractivity contribution in [2.24, 2.45) is 11.8 Å². The van der Waals surface area contributed by atoms with E-state index in [4.69, 9.17) is 0 Å². The van der Waals surface area contributed by atoms with Crippen LogP contribution >= 0.6 is 0 Å². The Balaban J connectivity index is 1.98. The van der Waals surface area contributed by atoms with Gasteiger partial charge in [-0.1, -0.05) is 25.7 Å².